The van der Waals surface area contributed by atoms with Crippen molar-refractivity contribution >= 4 is 0 Å². The minimum absolute atomic E-state index is 0.712. The molecule has 0 heterocycles. The number of hydrogen-bond donors (Lipinski definition) is 0. The summed E-state index contributed by atoms with van der Waals surface area (Å²) in [4.78, 5) is 0. The third kappa shape index (κ3) is 1.61. The highest BCUT2D eigenvalue weighted by Gasteiger charge is 2.19. The Bertz CT molecular complexity index is 360. The number of benzene rings is 1. The van der Waals surface area contributed by atoms with E-state index in [0.29, 0.717) is 5.92 Å². The lowest BCUT2D eigenvalue weighted by atomic mass is 9.79. The van der Waals surface area contributed by atoms with E-state index in [-0.39, 0.29) is 0 Å². The van der Waals surface area contributed by atoms with Gasteiger partial charge in [-0.25, -0.2) is 0 Å². The molecule has 0 saturated heterocycles. The molecule has 0 aliphatic heterocycles. The van der Waals surface area contributed by atoms with Crippen LogP contribution in [0.25, 0.3) is 0 Å². The van der Waals surface area contributed by atoms with Crippen LogP contribution in [0.15, 0.2) is 30.4 Å². The first kappa shape index (κ1) is 9.51. The average Bonchev–Trinajstić information content (AvgIpc) is 2.18. The minimum Gasteiger partial charge on any atom is -0.0998 e. The zero-order valence-corrected chi connectivity index (χ0v) is 9.14. The lowest BCUT2D eigenvalue weighted by molar-refractivity contribution is 0.525. The molecule has 0 spiro atoms. The fourth-order valence-corrected chi connectivity index (χ4v) is 2.39. The van der Waals surface area contributed by atoms with Gasteiger partial charge in [-0.3, -0.25) is 0 Å². The highest BCUT2D eigenvalue weighted by molar-refractivity contribution is 5.37. The first-order valence-corrected chi connectivity index (χ1v) is 5.41. The molecule has 0 aromatic heterocycles. The number of allylic oxidation sites excluding steroid dienone is 1. The van der Waals surface area contributed by atoms with Crippen molar-refractivity contribution in [2.75, 3.05) is 0 Å². The fraction of sp³-hybridized carbons (Fsp3) is 0.429. The quantitative estimate of drug-likeness (QED) is 0.587. The van der Waals surface area contributed by atoms with Gasteiger partial charge >= 0.3 is 0 Å². The molecule has 0 N–H and O–H groups in total. The van der Waals surface area contributed by atoms with Crippen LogP contribution in [0.1, 0.15) is 30.0 Å². The Morgan fingerprint density at radius 2 is 2.21 bits per heavy atom. The second kappa shape index (κ2) is 3.61. The van der Waals surface area contributed by atoms with Crippen LogP contribution < -0.4 is 0 Å². The van der Waals surface area contributed by atoms with Crippen LogP contribution in [0.4, 0.5) is 0 Å². The van der Waals surface area contributed by atoms with Crippen molar-refractivity contribution in [2.24, 2.45) is 5.92 Å². The first-order valence-electron chi connectivity index (χ1n) is 5.41. The number of rotatable bonds is 1. The van der Waals surface area contributed by atoms with Crippen LogP contribution in [0.2, 0.25) is 0 Å². The van der Waals surface area contributed by atoms with Gasteiger partial charge in [-0.05, 0) is 55.7 Å². The number of hydrogen-bond acceptors (Lipinski definition) is 0. The largest absolute Gasteiger partial charge is 0.0998 e. The van der Waals surface area contributed by atoms with Gasteiger partial charge in [0.25, 0.3) is 0 Å². The van der Waals surface area contributed by atoms with E-state index in [1.165, 1.54) is 30.4 Å². The molecule has 0 heteroatoms. The molecule has 2 rings (SSSR count). The summed E-state index contributed by atoms with van der Waals surface area (Å²) in [6.07, 6.45) is 3.72. The van der Waals surface area contributed by atoms with Crippen molar-refractivity contribution in [1.29, 1.82) is 0 Å². The zero-order valence-electron chi connectivity index (χ0n) is 9.14. The van der Waals surface area contributed by atoms with Crippen LogP contribution in [0, 0.1) is 12.8 Å². The number of fused-ring (bicyclic) bond motifs is 1. The van der Waals surface area contributed by atoms with E-state index in [9.17, 15) is 0 Å². The van der Waals surface area contributed by atoms with Crippen LogP contribution in [0.5, 0.6) is 0 Å². The maximum atomic E-state index is 4.08. The van der Waals surface area contributed by atoms with E-state index in [2.05, 4.69) is 38.6 Å². The van der Waals surface area contributed by atoms with Gasteiger partial charge in [0.05, 0.1) is 0 Å². The summed E-state index contributed by atoms with van der Waals surface area (Å²) >= 11 is 0. The van der Waals surface area contributed by atoms with E-state index < -0.39 is 0 Å². The molecule has 14 heavy (non-hydrogen) atoms. The van der Waals surface area contributed by atoms with Crippen molar-refractivity contribution in [3.63, 3.8) is 0 Å². The molecule has 1 atom stereocenters. The molecule has 0 amide bonds. The Labute approximate surface area is 86.7 Å². The molecule has 74 valence electrons. The molecule has 0 bridgehead atoms. The molecular formula is C14H18. The molecule has 0 nitrogen and oxygen atoms in total. The highest BCUT2D eigenvalue weighted by Crippen LogP contribution is 2.30. The van der Waals surface area contributed by atoms with Crippen LogP contribution in [-0.4, -0.2) is 0 Å². The second-order valence-corrected chi connectivity index (χ2v) is 4.50. The van der Waals surface area contributed by atoms with Crippen LogP contribution >= 0.6 is 0 Å². The van der Waals surface area contributed by atoms with Gasteiger partial charge < -0.3 is 0 Å². The van der Waals surface area contributed by atoms with E-state index in [1.807, 2.05) is 0 Å². The predicted molar refractivity (Wildman–Crippen MR) is 61.5 cm³/mol. The van der Waals surface area contributed by atoms with E-state index in [4.69, 9.17) is 0 Å². The Balaban J connectivity index is 2.33. The third-order valence-corrected chi connectivity index (χ3v) is 3.42. The smallest absolute Gasteiger partial charge is 0.0165 e. The Morgan fingerprint density at radius 1 is 1.43 bits per heavy atom. The van der Waals surface area contributed by atoms with Crippen molar-refractivity contribution in [3.8, 4) is 0 Å². The molecule has 1 aromatic rings. The van der Waals surface area contributed by atoms with E-state index >= 15 is 0 Å². The molecule has 1 aromatic carbocycles. The zero-order chi connectivity index (χ0) is 10.1. The lowest BCUT2D eigenvalue weighted by Crippen LogP contribution is -2.15. The first-order chi connectivity index (χ1) is 6.68. The summed E-state index contributed by atoms with van der Waals surface area (Å²) in [6, 6.07) is 6.67. The van der Waals surface area contributed by atoms with Gasteiger partial charge in [-0.2, -0.15) is 0 Å². The monoisotopic (exact) mass is 186 g/mol. The summed E-state index contributed by atoms with van der Waals surface area (Å²) in [6.45, 7) is 8.46. The fourth-order valence-electron chi connectivity index (χ4n) is 2.39. The number of aryl methyl sites for hydroxylation is 2. The topological polar surface area (TPSA) is 0 Å². The van der Waals surface area contributed by atoms with Gasteiger partial charge in [0, 0.05) is 0 Å². The van der Waals surface area contributed by atoms with Gasteiger partial charge in [0.15, 0.2) is 0 Å². The SMILES string of the molecule is C=C(C)[C@H]1CCc2cccc(C)c2C1. The van der Waals surface area contributed by atoms with Crippen LogP contribution in [0.3, 0.4) is 0 Å². The Morgan fingerprint density at radius 3 is 2.93 bits per heavy atom. The van der Waals surface area contributed by atoms with Gasteiger partial charge in [0.1, 0.15) is 0 Å². The van der Waals surface area contributed by atoms with Gasteiger partial charge in [-0.1, -0.05) is 30.4 Å². The molecule has 0 radical (unpaired) electrons. The molecule has 1 aliphatic rings. The Kier molecular flexibility index (Phi) is 2.45. The van der Waals surface area contributed by atoms with Crippen molar-refractivity contribution in [3.05, 3.63) is 47.0 Å². The van der Waals surface area contributed by atoms with Gasteiger partial charge in [0.2, 0.25) is 0 Å². The van der Waals surface area contributed by atoms with Crippen molar-refractivity contribution < 1.29 is 0 Å². The third-order valence-electron chi connectivity index (χ3n) is 3.42. The highest BCUT2D eigenvalue weighted by atomic mass is 14.2. The predicted octanol–water partition coefficient (Wildman–Crippen LogP) is 3.68. The summed E-state index contributed by atoms with van der Waals surface area (Å²) < 4.78 is 0. The summed E-state index contributed by atoms with van der Waals surface area (Å²) in [5.41, 5.74) is 5.93. The van der Waals surface area contributed by atoms with Crippen molar-refractivity contribution in [2.45, 2.75) is 33.1 Å². The summed E-state index contributed by atoms with van der Waals surface area (Å²) in [5.74, 6) is 0.712. The Hall–Kier alpha value is -1.04. The molecule has 0 saturated carbocycles. The standard InChI is InChI=1S/C14H18/c1-10(2)13-8-7-12-6-4-5-11(3)14(12)9-13/h4-6,13H,1,7-9H2,2-3H3/t13-/m0/s1. The van der Waals surface area contributed by atoms with E-state index in [0.717, 1.165) is 0 Å². The lowest BCUT2D eigenvalue weighted by Gasteiger charge is -2.26. The maximum Gasteiger partial charge on any atom is -0.0165 e. The average molecular weight is 186 g/mol. The van der Waals surface area contributed by atoms with Crippen molar-refractivity contribution in [1.82, 2.24) is 0 Å². The molecule has 1 aliphatic carbocycles. The minimum atomic E-state index is 0.712. The summed E-state index contributed by atoms with van der Waals surface area (Å²) in [7, 11) is 0. The second-order valence-electron chi connectivity index (χ2n) is 4.50. The maximum absolute atomic E-state index is 4.08. The normalized spacial score (nSPS) is 20.3. The van der Waals surface area contributed by atoms with Gasteiger partial charge in [-0.15, -0.1) is 0 Å². The summed E-state index contributed by atoms with van der Waals surface area (Å²) in [5, 5.41) is 0. The van der Waals surface area contributed by atoms with Crippen LogP contribution in [-0.2, 0) is 12.8 Å². The molecule has 0 fully saturated rings. The molecular weight excluding hydrogens is 168 g/mol. The molecule has 0 unspecified atom stereocenters. The van der Waals surface area contributed by atoms with E-state index in [1.54, 1.807) is 11.1 Å².